The van der Waals surface area contributed by atoms with E-state index in [0.717, 1.165) is 5.69 Å². The van der Waals surface area contributed by atoms with Crippen LogP contribution in [0.2, 0.25) is 0 Å². The Balaban J connectivity index is 2.32. The van der Waals surface area contributed by atoms with Gasteiger partial charge in [-0.1, -0.05) is 19.0 Å². The molecule has 1 aromatic rings. The number of nitrogens with zero attached hydrogens (tertiary/aromatic N) is 1. The quantitative estimate of drug-likeness (QED) is 0.826. The summed E-state index contributed by atoms with van der Waals surface area (Å²) in [5, 5.41) is 6.42. The normalized spacial score (nSPS) is 12.7. The van der Waals surface area contributed by atoms with Crippen LogP contribution in [0, 0.1) is 12.8 Å². The number of hydrogen-bond acceptors (Lipinski definition) is 4. The maximum Gasteiger partial charge on any atom is 0.232 e. The summed E-state index contributed by atoms with van der Waals surface area (Å²) >= 11 is 0. The van der Waals surface area contributed by atoms with Gasteiger partial charge in [-0.25, -0.2) is 0 Å². The van der Waals surface area contributed by atoms with Gasteiger partial charge in [-0.15, -0.1) is 0 Å². The first kappa shape index (κ1) is 13.9. The predicted molar refractivity (Wildman–Crippen MR) is 65.8 cm³/mol. The molecule has 0 aliphatic rings. The zero-order valence-corrected chi connectivity index (χ0v) is 11.2. The first-order chi connectivity index (χ1) is 7.97. The summed E-state index contributed by atoms with van der Waals surface area (Å²) in [7, 11) is -1.25. The van der Waals surface area contributed by atoms with Crippen LogP contribution < -0.4 is 5.32 Å². The smallest absolute Gasteiger partial charge is 0.232 e. The molecule has 0 saturated heterocycles. The number of rotatable bonds is 6. The highest BCUT2D eigenvalue weighted by molar-refractivity contribution is 7.84. The summed E-state index contributed by atoms with van der Waals surface area (Å²) in [6.45, 7) is 6.42. The van der Waals surface area contributed by atoms with Gasteiger partial charge in [0.2, 0.25) is 5.91 Å². The zero-order valence-electron chi connectivity index (χ0n) is 10.4. The summed E-state index contributed by atoms with van der Waals surface area (Å²) in [5.74, 6) is 0.998. The van der Waals surface area contributed by atoms with Gasteiger partial charge in [-0.3, -0.25) is 9.00 Å². The van der Waals surface area contributed by atoms with Crippen LogP contribution >= 0.6 is 0 Å². The average Bonchev–Trinajstić information content (AvgIpc) is 2.60. The molecule has 0 spiro atoms. The van der Waals surface area contributed by atoms with Gasteiger partial charge in [-0.2, -0.15) is 0 Å². The molecule has 1 N–H and O–H groups in total. The van der Waals surface area contributed by atoms with Crippen molar-refractivity contribution in [2.45, 2.75) is 26.5 Å². The van der Waals surface area contributed by atoms with E-state index in [1.807, 2.05) is 13.8 Å². The SMILES string of the molecule is Cc1cc(CS(=O)CC(=O)NCC(C)C)on1. The van der Waals surface area contributed by atoms with E-state index in [1.165, 1.54) is 0 Å². The molecule has 0 saturated carbocycles. The maximum atomic E-state index is 11.6. The Kier molecular flexibility index (Phi) is 5.34. The van der Waals surface area contributed by atoms with Crippen LogP contribution in [0.5, 0.6) is 0 Å². The van der Waals surface area contributed by atoms with Crippen LogP contribution in [0.15, 0.2) is 10.6 Å². The number of hydrogen-bond donors (Lipinski definition) is 1. The van der Waals surface area contributed by atoms with E-state index < -0.39 is 10.8 Å². The molecule has 96 valence electrons. The molecule has 17 heavy (non-hydrogen) atoms. The highest BCUT2D eigenvalue weighted by atomic mass is 32.2. The van der Waals surface area contributed by atoms with Gasteiger partial charge in [0.05, 0.1) is 11.4 Å². The molecule has 0 radical (unpaired) electrons. The van der Waals surface area contributed by atoms with Crippen molar-refractivity contribution in [1.82, 2.24) is 10.5 Å². The summed E-state index contributed by atoms with van der Waals surface area (Å²) in [6, 6.07) is 1.73. The van der Waals surface area contributed by atoms with Crippen molar-refractivity contribution >= 4 is 16.7 Å². The standard InChI is InChI=1S/C11H18N2O3S/c1-8(2)5-12-11(14)7-17(15)6-10-4-9(3)13-16-10/h4,8H,5-7H2,1-3H3,(H,12,14). The Morgan fingerprint density at radius 1 is 1.59 bits per heavy atom. The molecular formula is C11H18N2O3S. The van der Waals surface area contributed by atoms with E-state index >= 15 is 0 Å². The highest BCUT2D eigenvalue weighted by Crippen LogP contribution is 2.05. The minimum absolute atomic E-state index is 0.00642. The third kappa shape index (κ3) is 5.63. The lowest BCUT2D eigenvalue weighted by Gasteiger charge is -2.06. The maximum absolute atomic E-state index is 11.6. The number of nitrogens with one attached hydrogen (secondary N) is 1. The molecular weight excluding hydrogens is 240 g/mol. The van der Waals surface area contributed by atoms with Gasteiger partial charge in [0.15, 0.2) is 0 Å². The summed E-state index contributed by atoms with van der Waals surface area (Å²) in [4.78, 5) is 11.4. The second-order valence-corrected chi connectivity index (χ2v) is 5.82. The van der Waals surface area contributed by atoms with E-state index in [9.17, 15) is 9.00 Å². The summed E-state index contributed by atoms with van der Waals surface area (Å²) in [6.07, 6.45) is 0. The van der Waals surface area contributed by atoms with Crippen LogP contribution in [0.3, 0.4) is 0 Å². The van der Waals surface area contributed by atoms with E-state index in [4.69, 9.17) is 4.52 Å². The van der Waals surface area contributed by atoms with Crippen molar-refractivity contribution in [2.24, 2.45) is 5.92 Å². The number of aromatic nitrogens is 1. The number of aryl methyl sites for hydroxylation is 1. The molecule has 5 nitrogen and oxygen atoms in total. The van der Waals surface area contributed by atoms with Crippen LogP contribution in [0.25, 0.3) is 0 Å². The van der Waals surface area contributed by atoms with E-state index in [2.05, 4.69) is 10.5 Å². The number of carbonyl (C=O) groups excluding carboxylic acids is 1. The van der Waals surface area contributed by atoms with Crippen LogP contribution in [-0.4, -0.2) is 27.6 Å². The first-order valence-corrected chi connectivity index (χ1v) is 7.00. The summed E-state index contributed by atoms with van der Waals surface area (Å²) in [5.41, 5.74) is 0.751. The zero-order chi connectivity index (χ0) is 12.8. The average molecular weight is 258 g/mol. The van der Waals surface area contributed by atoms with Gasteiger partial charge in [0, 0.05) is 23.4 Å². The molecule has 0 aromatic carbocycles. The van der Waals surface area contributed by atoms with Crippen LogP contribution in [0.1, 0.15) is 25.3 Å². The van der Waals surface area contributed by atoms with Gasteiger partial charge in [0.25, 0.3) is 0 Å². The van der Waals surface area contributed by atoms with Crippen molar-refractivity contribution < 1.29 is 13.5 Å². The Labute approximate surface area is 103 Å². The molecule has 0 aliphatic heterocycles. The molecule has 0 aliphatic carbocycles. The van der Waals surface area contributed by atoms with Crippen LogP contribution in [-0.2, 0) is 21.3 Å². The lowest BCUT2D eigenvalue weighted by Crippen LogP contribution is -2.31. The van der Waals surface area contributed by atoms with E-state index in [1.54, 1.807) is 13.0 Å². The van der Waals surface area contributed by atoms with Gasteiger partial charge < -0.3 is 9.84 Å². The summed E-state index contributed by atoms with van der Waals surface area (Å²) < 4.78 is 16.6. The monoisotopic (exact) mass is 258 g/mol. The lowest BCUT2D eigenvalue weighted by molar-refractivity contribution is -0.118. The minimum atomic E-state index is -1.25. The molecule has 0 bridgehead atoms. The fourth-order valence-corrected chi connectivity index (χ4v) is 2.16. The van der Waals surface area contributed by atoms with Crippen molar-refractivity contribution in [1.29, 1.82) is 0 Å². The Bertz CT molecular complexity index is 401. The lowest BCUT2D eigenvalue weighted by atomic mass is 10.2. The highest BCUT2D eigenvalue weighted by Gasteiger charge is 2.11. The Morgan fingerprint density at radius 3 is 2.82 bits per heavy atom. The van der Waals surface area contributed by atoms with Crippen LogP contribution in [0.4, 0.5) is 0 Å². The molecule has 1 aromatic heterocycles. The predicted octanol–water partition coefficient (Wildman–Crippen LogP) is 1.00. The minimum Gasteiger partial charge on any atom is -0.360 e. The van der Waals surface area contributed by atoms with Crippen molar-refractivity contribution in [3.63, 3.8) is 0 Å². The molecule has 1 atom stereocenters. The molecule has 1 unspecified atom stereocenters. The molecule has 1 rings (SSSR count). The molecule has 1 amide bonds. The van der Waals surface area contributed by atoms with Crippen molar-refractivity contribution in [2.75, 3.05) is 12.3 Å². The van der Waals surface area contributed by atoms with Crippen molar-refractivity contribution in [3.05, 3.63) is 17.5 Å². The number of amides is 1. The first-order valence-electron chi connectivity index (χ1n) is 5.51. The fourth-order valence-electron chi connectivity index (χ4n) is 1.21. The fraction of sp³-hybridized carbons (Fsp3) is 0.636. The van der Waals surface area contributed by atoms with Gasteiger partial charge >= 0.3 is 0 Å². The van der Waals surface area contributed by atoms with Crippen molar-refractivity contribution in [3.8, 4) is 0 Å². The Hall–Kier alpha value is -1.17. The third-order valence-electron chi connectivity index (χ3n) is 1.98. The molecule has 0 fully saturated rings. The Morgan fingerprint density at radius 2 is 2.29 bits per heavy atom. The topological polar surface area (TPSA) is 72.2 Å². The number of carbonyl (C=O) groups is 1. The van der Waals surface area contributed by atoms with Gasteiger partial charge in [-0.05, 0) is 12.8 Å². The largest absolute Gasteiger partial charge is 0.360 e. The molecule has 1 heterocycles. The van der Waals surface area contributed by atoms with E-state index in [-0.39, 0.29) is 17.4 Å². The second kappa shape index (κ2) is 6.54. The second-order valence-electron chi connectivity index (χ2n) is 4.36. The third-order valence-corrected chi connectivity index (χ3v) is 3.17. The van der Waals surface area contributed by atoms with E-state index in [0.29, 0.717) is 18.2 Å². The van der Waals surface area contributed by atoms with Gasteiger partial charge in [0.1, 0.15) is 11.5 Å². The molecule has 6 heteroatoms.